The van der Waals surface area contributed by atoms with E-state index in [0.29, 0.717) is 16.8 Å². The van der Waals surface area contributed by atoms with Crippen LogP contribution < -0.4 is 16.6 Å². The second kappa shape index (κ2) is 9.22. The molecule has 0 fully saturated rings. The number of unbranched alkanes of at least 4 members (excludes halogenated alkanes) is 2. The lowest BCUT2D eigenvalue weighted by atomic mass is 10.0. The molecule has 0 spiro atoms. The van der Waals surface area contributed by atoms with Crippen molar-refractivity contribution in [2.24, 2.45) is 0 Å². The Hall–Kier alpha value is -2.67. The second-order valence-corrected chi connectivity index (χ2v) is 10.1. The molecule has 0 atom stereocenters. The number of hydrogen-bond acceptors (Lipinski definition) is 4. The van der Waals surface area contributed by atoms with Gasteiger partial charge in [-0.25, -0.2) is 4.79 Å². The van der Waals surface area contributed by atoms with Crippen LogP contribution in [0, 0.1) is 6.92 Å². The lowest BCUT2D eigenvalue weighted by molar-refractivity contribution is -0.123. The number of aromatic nitrogens is 2. The van der Waals surface area contributed by atoms with E-state index in [4.69, 9.17) is 0 Å². The van der Waals surface area contributed by atoms with Gasteiger partial charge in [0.05, 0.1) is 5.39 Å². The summed E-state index contributed by atoms with van der Waals surface area (Å²) in [7, 11) is 0. The third-order valence-corrected chi connectivity index (χ3v) is 6.22. The quantitative estimate of drug-likeness (QED) is 0.556. The minimum absolute atomic E-state index is 0.290. The van der Waals surface area contributed by atoms with E-state index in [1.165, 1.54) is 11.3 Å². The first-order valence-electron chi connectivity index (χ1n) is 10.8. The summed E-state index contributed by atoms with van der Waals surface area (Å²) in [6.07, 6.45) is 2.87. The molecule has 0 radical (unpaired) electrons. The van der Waals surface area contributed by atoms with Crippen LogP contribution in [0.3, 0.4) is 0 Å². The molecule has 1 N–H and O–H groups in total. The Morgan fingerprint density at radius 1 is 1.06 bits per heavy atom. The first-order valence-corrected chi connectivity index (χ1v) is 11.6. The van der Waals surface area contributed by atoms with Gasteiger partial charge in [0, 0.05) is 22.5 Å². The van der Waals surface area contributed by atoms with Crippen molar-refractivity contribution < 1.29 is 4.79 Å². The maximum atomic E-state index is 13.5. The molecule has 0 unspecified atom stereocenters. The molecule has 6 nitrogen and oxygen atoms in total. The monoisotopic (exact) mass is 441 g/mol. The van der Waals surface area contributed by atoms with E-state index in [0.717, 1.165) is 39.8 Å². The lowest BCUT2D eigenvalue weighted by Crippen LogP contribution is -2.47. The molecule has 0 aliphatic carbocycles. The molecular formula is C24H31N3O3S. The number of benzene rings is 1. The molecule has 31 heavy (non-hydrogen) atoms. The molecule has 2 aromatic heterocycles. The number of nitrogens with zero attached hydrogens (tertiary/aromatic N) is 2. The van der Waals surface area contributed by atoms with Gasteiger partial charge in [0.2, 0.25) is 5.91 Å². The third-order valence-electron chi connectivity index (χ3n) is 5.10. The highest BCUT2D eigenvalue weighted by Gasteiger charge is 2.23. The molecule has 166 valence electrons. The standard InChI is InChI=1S/C24H31N3O3S/c1-6-7-11-14-26-22-20(19(16(2)31-22)17-12-9-8-10-13-17)21(29)27(23(26)30)15-18(28)25-24(3,4)5/h8-10,12-13H,6-7,11,14-15H2,1-5H3,(H,25,28). The van der Waals surface area contributed by atoms with Gasteiger partial charge in [0.15, 0.2) is 0 Å². The van der Waals surface area contributed by atoms with Crippen LogP contribution in [-0.4, -0.2) is 20.6 Å². The third kappa shape index (κ3) is 4.98. The van der Waals surface area contributed by atoms with Crippen LogP contribution in [0.15, 0.2) is 39.9 Å². The van der Waals surface area contributed by atoms with Gasteiger partial charge in [-0.15, -0.1) is 11.3 Å². The predicted molar refractivity (Wildman–Crippen MR) is 128 cm³/mol. The van der Waals surface area contributed by atoms with E-state index in [2.05, 4.69) is 12.2 Å². The van der Waals surface area contributed by atoms with Crippen LogP contribution in [-0.2, 0) is 17.9 Å². The van der Waals surface area contributed by atoms with Crippen molar-refractivity contribution in [2.75, 3.05) is 0 Å². The first kappa shape index (κ1) is 23.0. The Bertz CT molecular complexity index is 1200. The summed E-state index contributed by atoms with van der Waals surface area (Å²) >= 11 is 1.47. The minimum atomic E-state index is -0.445. The lowest BCUT2D eigenvalue weighted by Gasteiger charge is -2.21. The van der Waals surface area contributed by atoms with Crippen LogP contribution >= 0.6 is 11.3 Å². The number of fused-ring (bicyclic) bond motifs is 1. The van der Waals surface area contributed by atoms with Crippen molar-refractivity contribution >= 4 is 27.5 Å². The molecule has 0 bridgehead atoms. The average molecular weight is 442 g/mol. The van der Waals surface area contributed by atoms with Crippen LogP contribution in [0.2, 0.25) is 0 Å². The molecule has 1 amide bonds. The molecule has 0 aliphatic heterocycles. The largest absolute Gasteiger partial charge is 0.350 e. The molecule has 0 saturated carbocycles. The van der Waals surface area contributed by atoms with Gasteiger partial charge in [0.25, 0.3) is 5.56 Å². The van der Waals surface area contributed by atoms with Crippen molar-refractivity contribution in [1.29, 1.82) is 0 Å². The van der Waals surface area contributed by atoms with Crippen LogP contribution in [0.5, 0.6) is 0 Å². The fraction of sp³-hybridized carbons (Fsp3) is 0.458. The zero-order valence-electron chi connectivity index (χ0n) is 18.9. The normalized spacial score (nSPS) is 11.8. The van der Waals surface area contributed by atoms with Crippen molar-refractivity contribution in [2.45, 2.75) is 72.5 Å². The Labute approximate surface area is 186 Å². The Morgan fingerprint density at radius 2 is 1.74 bits per heavy atom. The molecule has 0 aliphatic rings. The predicted octanol–water partition coefficient (Wildman–Crippen LogP) is 4.31. The van der Waals surface area contributed by atoms with Gasteiger partial charge in [-0.1, -0.05) is 50.1 Å². The zero-order chi connectivity index (χ0) is 22.8. The highest BCUT2D eigenvalue weighted by Crippen LogP contribution is 2.36. The summed E-state index contributed by atoms with van der Waals surface area (Å²) in [5.74, 6) is -0.348. The Kier molecular flexibility index (Phi) is 6.84. The van der Waals surface area contributed by atoms with E-state index in [9.17, 15) is 14.4 Å². The number of amides is 1. The Morgan fingerprint density at radius 3 is 2.35 bits per heavy atom. The van der Waals surface area contributed by atoms with Gasteiger partial charge in [0.1, 0.15) is 11.4 Å². The molecule has 3 aromatic rings. The van der Waals surface area contributed by atoms with Crippen LogP contribution in [0.4, 0.5) is 0 Å². The van der Waals surface area contributed by atoms with Crippen molar-refractivity contribution in [1.82, 2.24) is 14.5 Å². The van der Waals surface area contributed by atoms with E-state index in [-0.39, 0.29) is 12.5 Å². The van der Waals surface area contributed by atoms with Crippen LogP contribution in [0.25, 0.3) is 21.3 Å². The van der Waals surface area contributed by atoms with Gasteiger partial charge in [-0.2, -0.15) is 0 Å². The van der Waals surface area contributed by atoms with Crippen molar-refractivity contribution in [3.05, 3.63) is 56.0 Å². The summed E-state index contributed by atoms with van der Waals surface area (Å²) in [5, 5.41) is 3.37. The Balaban J connectivity index is 2.25. The van der Waals surface area contributed by atoms with Crippen molar-refractivity contribution in [3.63, 3.8) is 0 Å². The maximum Gasteiger partial charge on any atom is 0.332 e. The van der Waals surface area contributed by atoms with E-state index in [1.807, 2.05) is 58.0 Å². The average Bonchev–Trinajstić information content (AvgIpc) is 3.04. The number of rotatable bonds is 7. The van der Waals surface area contributed by atoms with E-state index >= 15 is 0 Å². The van der Waals surface area contributed by atoms with Crippen molar-refractivity contribution in [3.8, 4) is 11.1 Å². The van der Waals surface area contributed by atoms with Gasteiger partial charge in [-0.05, 0) is 39.7 Å². The number of aryl methyl sites for hydroxylation is 2. The number of carbonyl (C=O) groups excluding carboxylic acids is 1. The molecule has 7 heteroatoms. The van der Waals surface area contributed by atoms with Gasteiger partial charge >= 0.3 is 5.69 Å². The fourth-order valence-electron chi connectivity index (χ4n) is 3.78. The summed E-state index contributed by atoms with van der Waals surface area (Å²) in [4.78, 5) is 41.1. The fourth-order valence-corrected chi connectivity index (χ4v) is 4.97. The van der Waals surface area contributed by atoms with E-state index < -0.39 is 16.8 Å². The topological polar surface area (TPSA) is 73.1 Å². The highest BCUT2D eigenvalue weighted by atomic mass is 32.1. The number of thiophene rings is 1. The van der Waals surface area contributed by atoms with E-state index in [1.54, 1.807) is 4.57 Å². The summed E-state index contributed by atoms with van der Waals surface area (Å²) in [5.41, 5.74) is 0.518. The van der Waals surface area contributed by atoms with Crippen LogP contribution in [0.1, 0.15) is 51.8 Å². The van der Waals surface area contributed by atoms with Gasteiger partial charge in [-0.3, -0.25) is 18.7 Å². The number of carbonyl (C=O) groups is 1. The molecule has 1 aromatic carbocycles. The second-order valence-electron chi connectivity index (χ2n) is 8.91. The number of nitrogens with one attached hydrogen (secondary N) is 1. The highest BCUT2D eigenvalue weighted by molar-refractivity contribution is 7.19. The maximum absolute atomic E-state index is 13.5. The molecule has 2 heterocycles. The molecule has 3 rings (SSSR count). The first-order chi connectivity index (χ1) is 14.6. The SMILES string of the molecule is CCCCCn1c(=O)n(CC(=O)NC(C)(C)C)c(=O)c2c(-c3ccccc3)c(C)sc21. The summed E-state index contributed by atoms with van der Waals surface area (Å²) < 4.78 is 2.77. The zero-order valence-corrected chi connectivity index (χ0v) is 19.8. The smallest absolute Gasteiger partial charge is 0.332 e. The summed E-state index contributed by atoms with van der Waals surface area (Å²) in [6, 6.07) is 9.74. The minimum Gasteiger partial charge on any atom is -0.350 e. The van der Waals surface area contributed by atoms with Gasteiger partial charge < -0.3 is 5.32 Å². The number of hydrogen-bond donors (Lipinski definition) is 1. The molecular weight excluding hydrogens is 410 g/mol. The molecule has 0 saturated heterocycles. The summed E-state index contributed by atoms with van der Waals surface area (Å²) in [6.45, 7) is 9.93.